The number of carbonyl (C=O) groups excluding carboxylic acids is 1. The average molecular weight is 205 g/mol. The number of carbonyl (C=O) groups is 1. The molecule has 0 N–H and O–H groups in total. The van der Waals surface area contributed by atoms with E-state index in [0.29, 0.717) is 19.6 Å². The van der Waals surface area contributed by atoms with Crippen LogP contribution in [0.3, 0.4) is 0 Å². The number of amides is 1. The predicted octanol–water partition coefficient (Wildman–Crippen LogP) is 1.09. The molecule has 1 amide bonds. The SMILES string of the molecule is O=C(Cc1ccccc1)N1CCOCC1. The third-order valence-electron chi connectivity index (χ3n) is 2.56. The molecule has 15 heavy (non-hydrogen) atoms. The quantitative estimate of drug-likeness (QED) is 0.723. The van der Waals surface area contributed by atoms with Crippen LogP contribution in [0.15, 0.2) is 30.3 Å². The molecule has 1 aliphatic rings. The minimum Gasteiger partial charge on any atom is -0.378 e. The standard InChI is InChI=1S/C12H15NO2/c14-12(13-6-8-15-9-7-13)10-11-4-2-1-3-5-11/h1-5H,6-10H2. The predicted molar refractivity (Wildman–Crippen MR) is 57.5 cm³/mol. The Labute approximate surface area is 89.7 Å². The second-order valence-corrected chi connectivity index (χ2v) is 3.66. The third kappa shape index (κ3) is 2.80. The highest BCUT2D eigenvalue weighted by atomic mass is 16.5. The third-order valence-corrected chi connectivity index (χ3v) is 2.56. The zero-order valence-corrected chi connectivity index (χ0v) is 8.69. The molecule has 1 saturated heterocycles. The van der Waals surface area contributed by atoms with Crippen LogP contribution >= 0.6 is 0 Å². The second-order valence-electron chi connectivity index (χ2n) is 3.66. The number of benzene rings is 1. The number of ether oxygens (including phenoxy) is 1. The molecule has 80 valence electrons. The van der Waals surface area contributed by atoms with Gasteiger partial charge in [0.1, 0.15) is 0 Å². The van der Waals surface area contributed by atoms with E-state index >= 15 is 0 Å². The summed E-state index contributed by atoms with van der Waals surface area (Å²) in [7, 11) is 0. The van der Waals surface area contributed by atoms with Gasteiger partial charge in [0, 0.05) is 13.1 Å². The molecule has 0 aliphatic carbocycles. The summed E-state index contributed by atoms with van der Waals surface area (Å²) in [5.74, 6) is 0.199. The van der Waals surface area contributed by atoms with Crippen molar-refractivity contribution in [3.05, 3.63) is 35.9 Å². The maximum atomic E-state index is 11.8. The van der Waals surface area contributed by atoms with Crippen molar-refractivity contribution in [3.63, 3.8) is 0 Å². The van der Waals surface area contributed by atoms with Gasteiger partial charge in [0.2, 0.25) is 5.91 Å². The Morgan fingerprint density at radius 2 is 1.87 bits per heavy atom. The Balaban J connectivity index is 1.91. The summed E-state index contributed by atoms with van der Waals surface area (Å²) in [4.78, 5) is 13.7. The lowest BCUT2D eigenvalue weighted by Gasteiger charge is -2.26. The van der Waals surface area contributed by atoms with Crippen molar-refractivity contribution in [1.29, 1.82) is 0 Å². The molecule has 3 heteroatoms. The largest absolute Gasteiger partial charge is 0.378 e. The van der Waals surface area contributed by atoms with Crippen LogP contribution in [0, 0.1) is 0 Å². The summed E-state index contributed by atoms with van der Waals surface area (Å²) in [6.07, 6.45) is 0.501. The van der Waals surface area contributed by atoms with Gasteiger partial charge in [0.25, 0.3) is 0 Å². The van der Waals surface area contributed by atoms with Crippen molar-refractivity contribution in [1.82, 2.24) is 4.90 Å². The van der Waals surface area contributed by atoms with Gasteiger partial charge in [-0.25, -0.2) is 0 Å². The zero-order valence-electron chi connectivity index (χ0n) is 8.69. The minimum atomic E-state index is 0.199. The first-order valence-corrected chi connectivity index (χ1v) is 5.26. The molecule has 1 fully saturated rings. The molecule has 0 spiro atoms. The molecule has 0 bridgehead atoms. The smallest absolute Gasteiger partial charge is 0.227 e. The minimum absolute atomic E-state index is 0.199. The highest BCUT2D eigenvalue weighted by Gasteiger charge is 2.16. The van der Waals surface area contributed by atoms with Gasteiger partial charge in [-0.3, -0.25) is 4.79 Å². The molecule has 1 heterocycles. The summed E-state index contributed by atoms with van der Waals surface area (Å²) >= 11 is 0. The van der Waals surface area contributed by atoms with E-state index in [4.69, 9.17) is 4.74 Å². The Morgan fingerprint density at radius 3 is 2.53 bits per heavy atom. The highest BCUT2D eigenvalue weighted by Crippen LogP contribution is 2.04. The fourth-order valence-corrected chi connectivity index (χ4v) is 1.70. The van der Waals surface area contributed by atoms with Crippen LogP contribution in [-0.2, 0) is 16.0 Å². The molecule has 1 aromatic rings. The summed E-state index contributed by atoms with van der Waals surface area (Å²) < 4.78 is 5.21. The normalized spacial score (nSPS) is 16.4. The summed E-state index contributed by atoms with van der Waals surface area (Å²) in [5, 5.41) is 0. The molecule has 0 unspecified atom stereocenters. The van der Waals surface area contributed by atoms with Gasteiger partial charge in [-0.1, -0.05) is 30.3 Å². The Bertz CT molecular complexity index is 318. The summed E-state index contributed by atoms with van der Waals surface area (Å²) in [5.41, 5.74) is 1.08. The van der Waals surface area contributed by atoms with Crippen molar-refractivity contribution < 1.29 is 9.53 Å². The molecule has 0 saturated carbocycles. The van der Waals surface area contributed by atoms with Crippen LogP contribution in [0.5, 0.6) is 0 Å². The fraction of sp³-hybridized carbons (Fsp3) is 0.417. The van der Waals surface area contributed by atoms with E-state index in [2.05, 4.69) is 0 Å². The van der Waals surface area contributed by atoms with E-state index in [1.807, 2.05) is 35.2 Å². The first kappa shape index (κ1) is 10.2. The van der Waals surface area contributed by atoms with Crippen LogP contribution in [-0.4, -0.2) is 37.1 Å². The van der Waals surface area contributed by atoms with Crippen molar-refractivity contribution >= 4 is 5.91 Å². The molecule has 2 rings (SSSR count). The first-order chi connectivity index (χ1) is 7.36. The maximum Gasteiger partial charge on any atom is 0.227 e. The van der Waals surface area contributed by atoms with Gasteiger partial charge in [-0.15, -0.1) is 0 Å². The lowest BCUT2D eigenvalue weighted by atomic mass is 10.1. The first-order valence-electron chi connectivity index (χ1n) is 5.26. The van der Waals surface area contributed by atoms with E-state index in [0.717, 1.165) is 18.7 Å². The summed E-state index contributed by atoms with van der Waals surface area (Å²) in [6.45, 7) is 2.79. The van der Waals surface area contributed by atoms with Gasteiger partial charge >= 0.3 is 0 Å². The van der Waals surface area contributed by atoms with Crippen LogP contribution < -0.4 is 0 Å². The number of nitrogens with zero attached hydrogens (tertiary/aromatic N) is 1. The zero-order chi connectivity index (χ0) is 10.5. The maximum absolute atomic E-state index is 11.8. The van der Waals surface area contributed by atoms with Crippen molar-refractivity contribution in [2.24, 2.45) is 0 Å². The average Bonchev–Trinajstić information content (AvgIpc) is 2.31. The Hall–Kier alpha value is -1.35. The van der Waals surface area contributed by atoms with Gasteiger partial charge in [-0.05, 0) is 5.56 Å². The van der Waals surface area contributed by atoms with Crippen LogP contribution in [0.2, 0.25) is 0 Å². The van der Waals surface area contributed by atoms with Gasteiger partial charge in [-0.2, -0.15) is 0 Å². The molecule has 0 aromatic heterocycles. The van der Waals surface area contributed by atoms with E-state index in [-0.39, 0.29) is 5.91 Å². The lowest BCUT2D eigenvalue weighted by Crippen LogP contribution is -2.41. The highest BCUT2D eigenvalue weighted by molar-refractivity contribution is 5.78. The van der Waals surface area contributed by atoms with Crippen molar-refractivity contribution in [3.8, 4) is 0 Å². The molecular formula is C12H15NO2. The number of hydrogen-bond acceptors (Lipinski definition) is 2. The lowest BCUT2D eigenvalue weighted by molar-refractivity contribution is -0.134. The molecule has 1 aromatic carbocycles. The Kier molecular flexibility index (Phi) is 3.35. The van der Waals surface area contributed by atoms with Crippen molar-refractivity contribution in [2.45, 2.75) is 6.42 Å². The number of hydrogen-bond donors (Lipinski definition) is 0. The molecule has 0 atom stereocenters. The van der Waals surface area contributed by atoms with E-state index < -0.39 is 0 Å². The van der Waals surface area contributed by atoms with Crippen molar-refractivity contribution in [2.75, 3.05) is 26.3 Å². The van der Waals surface area contributed by atoms with Crippen LogP contribution in [0.1, 0.15) is 5.56 Å². The monoisotopic (exact) mass is 205 g/mol. The Morgan fingerprint density at radius 1 is 1.20 bits per heavy atom. The summed E-state index contributed by atoms with van der Waals surface area (Å²) in [6, 6.07) is 9.85. The van der Waals surface area contributed by atoms with E-state index in [1.54, 1.807) is 0 Å². The van der Waals surface area contributed by atoms with Gasteiger partial charge < -0.3 is 9.64 Å². The van der Waals surface area contributed by atoms with Gasteiger partial charge in [0.15, 0.2) is 0 Å². The second kappa shape index (κ2) is 4.94. The van der Waals surface area contributed by atoms with E-state index in [1.165, 1.54) is 0 Å². The topological polar surface area (TPSA) is 29.5 Å². The molecular weight excluding hydrogens is 190 g/mol. The number of morpholine rings is 1. The molecule has 1 aliphatic heterocycles. The molecule has 0 radical (unpaired) electrons. The van der Waals surface area contributed by atoms with Gasteiger partial charge in [0.05, 0.1) is 19.6 Å². The van der Waals surface area contributed by atoms with Crippen LogP contribution in [0.25, 0.3) is 0 Å². The molecule has 3 nitrogen and oxygen atoms in total. The number of rotatable bonds is 2. The van der Waals surface area contributed by atoms with Crippen LogP contribution in [0.4, 0.5) is 0 Å². The van der Waals surface area contributed by atoms with E-state index in [9.17, 15) is 4.79 Å². The fourth-order valence-electron chi connectivity index (χ4n) is 1.70.